The van der Waals surface area contributed by atoms with Crippen LogP contribution in [-0.2, 0) is 23.2 Å². The normalized spacial score (nSPS) is 12.2. The average Bonchev–Trinajstić information content (AvgIpc) is 3.03. The molecule has 2 aromatic rings. The first-order valence-electron chi connectivity index (χ1n) is 7.96. The van der Waals surface area contributed by atoms with Crippen molar-refractivity contribution in [2.24, 2.45) is 0 Å². The Kier molecular flexibility index (Phi) is 5.01. The summed E-state index contributed by atoms with van der Waals surface area (Å²) in [6.07, 6.45) is 4.85. The smallest absolute Gasteiger partial charge is 0.407 e. The number of nitrogens with zero attached hydrogens (tertiary/aromatic N) is 3. The molecular formula is C17H26N4O3. The second-order valence-corrected chi connectivity index (χ2v) is 7.77. The zero-order valence-corrected chi connectivity index (χ0v) is 15.2. The summed E-state index contributed by atoms with van der Waals surface area (Å²) in [7, 11) is 0. The Morgan fingerprint density at radius 1 is 1.25 bits per heavy atom. The fourth-order valence-electron chi connectivity index (χ4n) is 1.94. The van der Waals surface area contributed by atoms with Gasteiger partial charge in [-0.1, -0.05) is 20.8 Å². The van der Waals surface area contributed by atoms with Crippen LogP contribution in [0.25, 0.3) is 0 Å². The topological polar surface area (TPSA) is 82.2 Å². The van der Waals surface area contributed by atoms with Gasteiger partial charge in [0, 0.05) is 23.7 Å². The van der Waals surface area contributed by atoms with Gasteiger partial charge in [-0.15, -0.1) is 0 Å². The van der Waals surface area contributed by atoms with Gasteiger partial charge in [0.2, 0.25) is 5.89 Å². The van der Waals surface area contributed by atoms with E-state index in [1.54, 1.807) is 17.1 Å². The van der Waals surface area contributed by atoms with E-state index in [4.69, 9.17) is 9.15 Å². The van der Waals surface area contributed by atoms with E-state index in [1.807, 2.05) is 27.0 Å². The van der Waals surface area contributed by atoms with Crippen LogP contribution in [0.1, 0.15) is 58.8 Å². The number of hydrogen-bond donors (Lipinski definition) is 1. The van der Waals surface area contributed by atoms with E-state index in [9.17, 15) is 4.79 Å². The maximum Gasteiger partial charge on any atom is 0.407 e. The van der Waals surface area contributed by atoms with Crippen molar-refractivity contribution in [3.05, 3.63) is 35.8 Å². The lowest BCUT2D eigenvalue weighted by atomic mass is 9.94. The highest BCUT2D eigenvalue weighted by atomic mass is 16.6. The summed E-state index contributed by atoms with van der Waals surface area (Å²) in [4.78, 5) is 15.9. The van der Waals surface area contributed by atoms with Gasteiger partial charge in [0.1, 0.15) is 17.9 Å². The van der Waals surface area contributed by atoms with Crippen LogP contribution in [0.15, 0.2) is 23.0 Å². The summed E-state index contributed by atoms with van der Waals surface area (Å²) >= 11 is 0. The summed E-state index contributed by atoms with van der Waals surface area (Å²) in [5.41, 5.74) is 0.297. The molecule has 0 spiro atoms. The zero-order valence-electron chi connectivity index (χ0n) is 15.2. The van der Waals surface area contributed by atoms with Crippen molar-refractivity contribution in [3.63, 3.8) is 0 Å². The van der Waals surface area contributed by atoms with Crippen molar-refractivity contribution in [1.29, 1.82) is 0 Å². The molecule has 0 saturated heterocycles. The van der Waals surface area contributed by atoms with E-state index in [-0.39, 0.29) is 5.41 Å². The molecule has 0 radical (unpaired) electrons. The Bertz CT molecular complexity index is 689. The van der Waals surface area contributed by atoms with Gasteiger partial charge in [-0.3, -0.25) is 4.68 Å². The third-order valence-corrected chi connectivity index (χ3v) is 3.11. The Morgan fingerprint density at radius 2 is 1.96 bits per heavy atom. The van der Waals surface area contributed by atoms with Gasteiger partial charge in [0.15, 0.2) is 0 Å². The fourth-order valence-corrected chi connectivity index (χ4v) is 1.94. The van der Waals surface area contributed by atoms with Gasteiger partial charge in [-0.05, 0) is 20.8 Å². The Hall–Kier alpha value is -2.31. The maximum atomic E-state index is 11.6. The fraction of sp³-hybridized carbons (Fsp3) is 0.588. The molecule has 0 atom stereocenters. The number of rotatable bonds is 4. The molecule has 2 heterocycles. The highest BCUT2D eigenvalue weighted by Gasteiger charge is 2.19. The molecule has 1 amide bonds. The van der Waals surface area contributed by atoms with E-state index in [0.29, 0.717) is 19.0 Å². The molecule has 24 heavy (non-hydrogen) atoms. The second kappa shape index (κ2) is 6.67. The lowest BCUT2D eigenvalue weighted by Crippen LogP contribution is -2.32. The van der Waals surface area contributed by atoms with Crippen molar-refractivity contribution in [3.8, 4) is 0 Å². The molecule has 0 fully saturated rings. The van der Waals surface area contributed by atoms with Crippen molar-refractivity contribution in [2.75, 3.05) is 0 Å². The van der Waals surface area contributed by atoms with Crippen molar-refractivity contribution in [1.82, 2.24) is 20.1 Å². The molecule has 0 bridgehead atoms. The van der Waals surface area contributed by atoms with Gasteiger partial charge in [-0.2, -0.15) is 5.10 Å². The highest BCUT2D eigenvalue weighted by molar-refractivity contribution is 5.67. The standard InChI is InChI=1S/C17H26N4O3/c1-16(2,3)13-9-18-14(23-13)11-21-10-12(8-20-21)7-19-15(22)24-17(4,5)6/h8-10H,7,11H2,1-6H3,(H,19,22). The van der Waals surface area contributed by atoms with Gasteiger partial charge < -0.3 is 14.5 Å². The minimum atomic E-state index is -0.510. The molecule has 132 valence electrons. The SMILES string of the molecule is CC(C)(C)OC(=O)NCc1cnn(Cc2ncc(C(C)(C)C)o2)c1. The summed E-state index contributed by atoms with van der Waals surface area (Å²) < 4.78 is 12.7. The van der Waals surface area contributed by atoms with Crippen molar-refractivity contribution < 1.29 is 13.9 Å². The van der Waals surface area contributed by atoms with Crippen LogP contribution in [0.2, 0.25) is 0 Å². The first kappa shape index (κ1) is 18.0. The number of ether oxygens (including phenoxy) is 1. The van der Waals surface area contributed by atoms with Crippen LogP contribution >= 0.6 is 0 Å². The van der Waals surface area contributed by atoms with Crippen molar-refractivity contribution >= 4 is 6.09 Å². The largest absolute Gasteiger partial charge is 0.444 e. The third kappa shape index (κ3) is 5.40. The minimum Gasteiger partial charge on any atom is -0.444 e. The summed E-state index contributed by atoms with van der Waals surface area (Å²) in [5.74, 6) is 1.45. The van der Waals surface area contributed by atoms with Gasteiger partial charge >= 0.3 is 6.09 Å². The maximum absolute atomic E-state index is 11.6. The van der Waals surface area contributed by atoms with Gasteiger partial charge in [0.25, 0.3) is 0 Å². The molecule has 2 rings (SSSR count). The zero-order chi connectivity index (χ0) is 18.0. The van der Waals surface area contributed by atoms with E-state index < -0.39 is 11.7 Å². The number of alkyl carbamates (subject to hydrolysis) is 1. The molecule has 0 aliphatic heterocycles. The second-order valence-electron chi connectivity index (χ2n) is 7.77. The van der Waals surface area contributed by atoms with E-state index >= 15 is 0 Å². The van der Waals surface area contributed by atoms with E-state index in [1.165, 1.54) is 0 Å². The average molecular weight is 334 g/mol. The van der Waals surface area contributed by atoms with Crippen LogP contribution in [0, 0.1) is 0 Å². The predicted octanol–water partition coefficient (Wildman–Crippen LogP) is 3.24. The van der Waals surface area contributed by atoms with Crippen LogP contribution in [0.3, 0.4) is 0 Å². The minimum absolute atomic E-state index is 0.0716. The first-order valence-corrected chi connectivity index (χ1v) is 7.96. The molecule has 1 N–H and O–H groups in total. The summed E-state index contributed by atoms with van der Waals surface area (Å²) in [5, 5.41) is 6.96. The molecule has 7 heteroatoms. The number of nitrogens with one attached hydrogen (secondary N) is 1. The van der Waals surface area contributed by atoms with Crippen LogP contribution in [0.4, 0.5) is 4.79 Å². The number of carbonyl (C=O) groups is 1. The number of oxazole rings is 1. The lowest BCUT2D eigenvalue weighted by Gasteiger charge is -2.19. The Morgan fingerprint density at radius 3 is 2.54 bits per heavy atom. The van der Waals surface area contributed by atoms with Gasteiger partial charge in [0.05, 0.1) is 12.4 Å². The molecule has 0 aliphatic rings. The molecule has 2 aromatic heterocycles. The number of amides is 1. The predicted molar refractivity (Wildman–Crippen MR) is 89.6 cm³/mol. The van der Waals surface area contributed by atoms with Crippen LogP contribution < -0.4 is 5.32 Å². The van der Waals surface area contributed by atoms with Crippen molar-refractivity contribution in [2.45, 2.75) is 65.6 Å². The monoisotopic (exact) mass is 334 g/mol. The molecule has 0 aliphatic carbocycles. The van der Waals surface area contributed by atoms with Gasteiger partial charge in [-0.25, -0.2) is 9.78 Å². The lowest BCUT2D eigenvalue weighted by molar-refractivity contribution is 0.0523. The summed E-state index contributed by atoms with van der Waals surface area (Å²) in [6, 6.07) is 0. The molecule has 0 unspecified atom stereocenters. The number of aromatic nitrogens is 3. The number of carbonyl (C=O) groups excluding carboxylic acids is 1. The Balaban J connectivity index is 1.89. The van der Waals surface area contributed by atoms with E-state index in [0.717, 1.165) is 11.3 Å². The third-order valence-electron chi connectivity index (χ3n) is 3.11. The molecular weight excluding hydrogens is 308 g/mol. The molecule has 0 saturated carbocycles. The van der Waals surface area contributed by atoms with Crippen LogP contribution in [0.5, 0.6) is 0 Å². The van der Waals surface area contributed by atoms with E-state index in [2.05, 4.69) is 36.2 Å². The first-order chi connectivity index (χ1) is 11.0. The summed E-state index contributed by atoms with van der Waals surface area (Å²) in [6.45, 7) is 12.5. The highest BCUT2D eigenvalue weighted by Crippen LogP contribution is 2.22. The Labute approximate surface area is 142 Å². The number of hydrogen-bond acceptors (Lipinski definition) is 5. The molecule has 7 nitrogen and oxygen atoms in total. The van der Waals surface area contributed by atoms with Crippen LogP contribution in [-0.4, -0.2) is 26.5 Å². The quantitative estimate of drug-likeness (QED) is 0.928. The molecule has 0 aromatic carbocycles.